The number of hydrogen-bond donors (Lipinski definition) is 7. The third kappa shape index (κ3) is 12.9. The molecule has 3 aliphatic heterocycles. The van der Waals surface area contributed by atoms with E-state index in [1.54, 1.807) is 24.8 Å². The second-order valence-corrected chi connectivity index (χ2v) is 18.5. The van der Waals surface area contributed by atoms with Crippen LogP contribution in [0.15, 0.2) is 48.7 Å². The molecule has 2 aromatic carbocycles. The van der Waals surface area contributed by atoms with Crippen molar-refractivity contribution >= 4 is 58.2 Å². The maximum absolute atomic E-state index is 13.5. The summed E-state index contributed by atoms with van der Waals surface area (Å²) < 4.78 is 19.2. The van der Waals surface area contributed by atoms with Crippen LogP contribution in [-0.4, -0.2) is 151 Å². The van der Waals surface area contributed by atoms with Crippen LogP contribution in [0.3, 0.4) is 0 Å². The number of benzene rings is 2. The number of hydrogen-bond acceptors (Lipinski definition) is 16. The molecule has 0 aliphatic carbocycles. The zero-order valence-electron chi connectivity index (χ0n) is 40.3. The van der Waals surface area contributed by atoms with Crippen LogP contribution < -0.4 is 26.4 Å². The minimum absolute atomic E-state index is 0.0534. The minimum atomic E-state index is -1.61. The van der Waals surface area contributed by atoms with Crippen LogP contribution in [0, 0.1) is 18.8 Å². The van der Waals surface area contributed by atoms with Crippen molar-refractivity contribution in [1.82, 2.24) is 34.6 Å². The molecule has 3 aliphatic rings. The van der Waals surface area contributed by atoms with Crippen LogP contribution in [0.25, 0.3) is 11.0 Å². The van der Waals surface area contributed by atoms with Gasteiger partial charge in [0.15, 0.2) is 5.82 Å². The highest BCUT2D eigenvalue weighted by Crippen LogP contribution is 2.31. The summed E-state index contributed by atoms with van der Waals surface area (Å²) in [7, 11) is 0. The van der Waals surface area contributed by atoms with Crippen molar-refractivity contribution in [3.63, 3.8) is 0 Å². The number of nitrogens with one attached hydrogen (secondary N) is 3. The average molecular weight is 971 g/mol. The predicted octanol–water partition coefficient (Wildman–Crippen LogP) is 2.72. The number of likely N-dealkylation sites (tertiary alicyclic amines) is 1. The third-order valence-corrected chi connectivity index (χ3v) is 12.9. The monoisotopic (exact) mass is 970 g/mol. The number of rotatable bonds is 20. The Hall–Kier alpha value is -6.39. The van der Waals surface area contributed by atoms with Gasteiger partial charge in [-0.05, 0) is 53.8 Å². The van der Waals surface area contributed by atoms with E-state index in [1.165, 1.54) is 17.7 Å². The van der Waals surface area contributed by atoms with Crippen molar-refractivity contribution in [2.45, 2.75) is 104 Å². The van der Waals surface area contributed by atoms with Crippen LogP contribution in [0.4, 0.5) is 22.2 Å². The SMILES string of the molecule is CCCCCNc1nc(N)nc2ccn(Cc3ccc(CN4CCN(C(=O)OCc5ccc(OC6OC[C@H](O)[C@@H](O)[C@@H]6O)c(NC(=O)C(C)CNC(=O)CCN6C(=O)CC(C)C6=O)c5)CC4)cc3C)c12. The minimum Gasteiger partial charge on any atom is -0.460 e. The molecule has 5 amide bonds. The molecule has 8 N–H and O–H groups in total. The molecule has 21 nitrogen and oxygen atoms in total. The highest BCUT2D eigenvalue weighted by molar-refractivity contribution is 6.03. The van der Waals surface area contributed by atoms with Gasteiger partial charge in [0.25, 0.3) is 0 Å². The van der Waals surface area contributed by atoms with Gasteiger partial charge in [-0.2, -0.15) is 4.98 Å². The molecule has 4 aromatic rings. The Morgan fingerprint density at radius 2 is 1.74 bits per heavy atom. The third-order valence-electron chi connectivity index (χ3n) is 12.9. The number of aliphatic hydroxyl groups excluding tert-OH is 3. The fourth-order valence-corrected chi connectivity index (χ4v) is 8.64. The van der Waals surface area contributed by atoms with Crippen molar-refractivity contribution in [2.24, 2.45) is 11.8 Å². The van der Waals surface area contributed by atoms with E-state index in [1.807, 2.05) is 12.3 Å². The van der Waals surface area contributed by atoms with Crippen LogP contribution in [0.1, 0.15) is 75.1 Å². The van der Waals surface area contributed by atoms with Crippen LogP contribution >= 0.6 is 0 Å². The normalized spacial score (nSPS) is 21.2. The molecule has 0 radical (unpaired) electrons. The number of fused-ring (bicyclic) bond motifs is 1. The number of carbonyl (C=O) groups excluding carboxylic acids is 5. The van der Waals surface area contributed by atoms with E-state index in [4.69, 9.17) is 19.9 Å². The second-order valence-electron chi connectivity index (χ2n) is 18.5. The number of nitrogen functional groups attached to an aromatic ring is 1. The Bertz CT molecular complexity index is 2510. The molecule has 2 aromatic heterocycles. The lowest BCUT2D eigenvalue weighted by Crippen LogP contribution is -2.54. The van der Waals surface area contributed by atoms with Gasteiger partial charge in [-0.1, -0.05) is 57.9 Å². The largest absolute Gasteiger partial charge is 0.460 e. The first-order valence-corrected chi connectivity index (χ1v) is 24.0. The number of unbranched alkanes of at least 4 members (excludes halogenated alkanes) is 2. The molecule has 0 spiro atoms. The van der Waals surface area contributed by atoms with Crippen molar-refractivity contribution < 1.29 is 53.5 Å². The predicted molar refractivity (Wildman–Crippen MR) is 258 cm³/mol. The van der Waals surface area contributed by atoms with E-state index in [2.05, 4.69) is 67.4 Å². The number of aliphatic hydroxyl groups is 3. The molecule has 3 unspecified atom stereocenters. The number of anilines is 3. The zero-order chi connectivity index (χ0) is 50.1. The smallest absolute Gasteiger partial charge is 0.410 e. The molecule has 5 heterocycles. The summed E-state index contributed by atoms with van der Waals surface area (Å²) in [6.07, 6.45) is -1.06. The van der Waals surface area contributed by atoms with Crippen molar-refractivity contribution in [2.75, 3.05) is 68.8 Å². The Kier molecular flexibility index (Phi) is 17.3. The van der Waals surface area contributed by atoms with Crippen LogP contribution in [0.2, 0.25) is 0 Å². The highest BCUT2D eigenvalue weighted by atomic mass is 16.7. The van der Waals surface area contributed by atoms with Gasteiger partial charge in [0, 0.05) is 83.9 Å². The first-order chi connectivity index (χ1) is 33.6. The van der Waals surface area contributed by atoms with E-state index in [9.17, 15) is 39.3 Å². The number of aryl methyl sites for hydroxylation is 1. The lowest BCUT2D eigenvalue weighted by molar-refractivity contribution is -0.241. The number of amides is 5. The zero-order valence-corrected chi connectivity index (χ0v) is 40.3. The molecule has 3 fully saturated rings. The van der Waals surface area contributed by atoms with Gasteiger partial charge < -0.3 is 60.7 Å². The standard InChI is InChI=1S/C49H66N10O11/c1-5-6-7-14-51-44-41-35(54-48(50)55-44)12-15-58(41)26-34-10-8-32(21-29(34)2)25-56-17-19-57(20-18-56)49(67)69-27-33-9-11-38(70-47-43(64)42(63)37(60)28-68-47)36(23-33)53-45(65)31(4)24-52-39(61)13-16-59-40(62)22-30(3)46(59)66/h8-12,15,21,23,30-31,37,42-43,47,60,63-64H,5-7,13-14,16-20,22,24-28H2,1-4H3,(H,52,61)(H,53,65)(H3,50,51,54,55)/t30?,31?,37-,42+,43-,47?/m0/s1. The van der Waals surface area contributed by atoms with E-state index in [0.29, 0.717) is 44.8 Å². The molecule has 21 heteroatoms. The van der Waals surface area contributed by atoms with Crippen LogP contribution in [0.5, 0.6) is 5.75 Å². The van der Waals surface area contributed by atoms with E-state index < -0.39 is 54.3 Å². The summed E-state index contributed by atoms with van der Waals surface area (Å²) in [5.41, 5.74) is 11.9. The molecule has 6 atom stereocenters. The highest BCUT2D eigenvalue weighted by Gasteiger charge is 2.40. The average Bonchev–Trinajstić information content (AvgIpc) is 3.85. The summed E-state index contributed by atoms with van der Waals surface area (Å²) in [6, 6.07) is 13.1. The topological polar surface area (TPSA) is 276 Å². The maximum Gasteiger partial charge on any atom is 0.410 e. The first-order valence-electron chi connectivity index (χ1n) is 24.0. The first kappa shape index (κ1) is 51.5. The number of ether oxygens (including phenoxy) is 3. The summed E-state index contributed by atoms with van der Waals surface area (Å²) in [6.45, 7) is 11.3. The molecule has 3 saturated heterocycles. The number of imide groups is 1. The molecule has 378 valence electrons. The lowest BCUT2D eigenvalue weighted by Gasteiger charge is -2.35. The van der Waals surface area contributed by atoms with E-state index in [-0.39, 0.29) is 68.3 Å². The number of nitrogens with zero attached hydrogens (tertiary/aromatic N) is 6. The van der Waals surface area contributed by atoms with Crippen molar-refractivity contribution in [1.29, 1.82) is 0 Å². The quantitative estimate of drug-likeness (QED) is 0.0496. The maximum atomic E-state index is 13.5. The van der Waals surface area contributed by atoms with Gasteiger partial charge in [0.05, 0.1) is 23.7 Å². The van der Waals surface area contributed by atoms with E-state index >= 15 is 0 Å². The van der Waals surface area contributed by atoms with Crippen LogP contribution in [-0.2, 0) is 48.3 Å². The Labute approximate surface area is 406 Å². The van der Waals surface area contributed by atoms with Gasteiger partial charge in [-0.15, -0.1) is 0 Å². The summed E-state index contributed by atoms with van der Waals surface area (Å²) >= 11 is 0. The van der Waals surface area contributed by atoms with Crippen molar-refractivity contribution in [3.05, 3.63) is 70.9 Å². The Balaban J connectivity index is 0.910. The van der Waals surface area contributed by atoms with Gasteiger partial charge in [-0.3, -0.25) is 29.0 Å². The number of aromatic nitrogens is 3. The summed E-state index contributed by atoms with van der Waals surface area (Å²) in [4.78, 5) is 77.7. The van der Waals surface area contributed by atoms with E-state index in [0.717, 1.165) is 58.7 Å². The Morgan fingerprint density at radius 1 is 0.971 bits per heavy atom. The number of nitrogens with two attached hydrogens (primary N) is 1. The van der Waals surface area contributed by atoms with Gasteiger partial charge in [0.2, 0.25) is 35.9 Å². The molecular weight excluding hydrogens is 905 g/mol. The molecule has 70 heavy (non-hydrogen) atoms. The molecule has 0 bridgehead atoms. The molecule has 0 saturated carbocycles. The van der Waals surface area contributed by atoms with Crippen molar-refractivity contribution in [3.8, 4) is 5.75 Å². The van der Waals surface area contributed by atoms with Gasteiger partial charge >= 0.3 is 6.09 Å². The fraction of sp³-hybridized carbons (Fsp3) is 0.531. The molecule has 7 rings (SSSR count). The second kappa shape index (κ2) is 23.5. The molecular formula is C49H66N10O11. The lowest BCUT2D eigenvalue weighted by atomic mass is 10.0. The number of piperazine rings is 1. The fourth-order valence-electron chi connectivity index (χ4n) is 8.64. The summed E-state index contributed by atoms with van der Waals surface area (Å²) in [5.74, 6) is -1.76. The number of carbonyl (C=O) groups is 5. The van der Waals surface area contributed by atoms with Gasteiger partial charge in [-0.25, -0.2) is 9.78 Å². The Morgan fingerprint density at radius 3 is 2.47 bits per heavy atom. The summed E-state index contributed by atoms with van der Waals surface area (Å²) in [5, 5.41) is 39.6. The van der Waals surface area contributed by atoms with Gasteiger partial charge in [0.1, 0.15) is 36.2 Å².